The highest BCUT2D eigenvalue weighted by Gasteiger charge is 2.28. The van der Waals surface area contributed by atoms with Crippen molar-refractivity contribution in [3.63, 3.8) is 0 Å². The summed E-state index contributed by atoms with van der Waals surface area (Å²) in [6.45, 7) is 1.55. The monoisotopic (exact) mass is 434 g/mol. The summed E-state index contributed by atoms with van der Waals surface area (Å²) in [6.07, 6.45) is 0. The van der Waals surface area contributed by atoms with E-state index in [4.69, 9.17) is 16.3 Å². The molecule has 0 atom stereocenters. The van der Waals surface area contributed by atoms with Crippen molar-refractivity contribution in [3.8, 4) is 5.75 Å². The average molecular weight is 435 g/mol. The maximum absolute atomic E-state index is 13.0. The Balaban J connectivity index is 1.58. The number of ketones is 1. The standard InChI is InChI=1S/C24H19ClN2O4/c1-15-7-10-21-20(11-15)27(23(29)14-31-21)13-22(28)26-19-9-8-17(25)12-18(19)24(30)16-5-3-2-4-6-16/h2-12H,13-14H2,1H3,(H,26,28). The molecule has 0 fully saturated rings. The number of nitrogens with zero attached hydrogens (tertiary/aromatic N) is 1. The molecule has 0 radical (unpaired) electrons. The van der Waals surface area contributed by atoms with Crippen molar-refractivity contribution in [1.82, 2.24) is 0 Å². The van der Waals surface area contributed by atoms with Gasteiger partial charge in [-0.2, -0.15) is 0 Å². The smallest absolute Gasteiger partial charge is 0.265 e. The van der Waals surface area contributed by atoms with E-state index in [-0.39, 0.29) is 30.4 Å². The normalized spacial score (nSPS) is 12.7. The summed E-state index contributed by atoms with van der Waals surface area (Å²) in [7, 11) is 0. The molecule has 4 rings (SSSR count). The van der Waals surface area contributed by atoms with Gasteiger partial charge in [0.2, 0.25) is 5.91 Å². The molecular formula is C24H19ClN2O4. The SMILES string of the molecule is Cc1ccc2c(c1)N(CC(=O)Nc1ccc(Cl)cc1C(=O)c1ccccc1)C(=O)CO2. The molecule has 0 aliphatic carbocycles. The second-order valence-corrected chi connectivity index (χ2v) is 7.61. The van der Waals surface area contributed by atoms with Crippen LogP contribution in [0, 0.1) is 6.92 Å². The molecule has 0 aromatic heterocycles. The van der Waals surface area contributed by atoms with Crippen LogP contribution in [0.15, 0.2) is 66.7 Å². The molecule has 1 aliphatic rings. The van der Waals surface area contributed by atoms with Crippen molar-refractivity contribution in [2.45, 2.75) is 6.92 Å². The Kier molecular flexibility index (Phi) is 5.73. The number of rotatable bonds is 5. The number of nitrogens with one attached hydrogen (secondary N) is 1. The van der Waals surface area contributed by atoms with Crippen LogP contribution in [-0.2, 0) is 9.59 Å². The minimum Gasteiger partial charge on any atom is -0.482 e. The van der Waals surface area contributed by atoms with Crippen LogP contribution >= 0.6 is 11.6 Å². The lowest BCUT2D eigenvalue weighted by atomic mass is 10.0. The minimum absolute atomic E-state index is 0.137. The van der Waals surface area contributed by atoms with E-state index in [1.807, 2.05) is 19.1 Å². The third-order valence-corrected chi connectivity index (χ3v) is 5.13. The lowest BCUT2D eigenvalue weighted by Crippen LogP contribution is -2.43. The number of amides is 2. The van der Waals surface area contributed by atoms with Gasteiger partial charge in [-0.3, -0.25) is 19.3 Å². The number of halogens is 1. The molecule has 6 nitrogen and oxygen atoms in total. The number of hydrogen-bond acceptors (Lipinski definition) is 4. The van der Waals surface area contributed by atoms with Crippen molar-refractivity contribution in [3.05, 3.63) is 88.4 Å². The summed E-state index contributed by atoms with van der Waals surface area (Å²) in [5.41, 5.74) is 2.57. The van der Waals surface area contributed by atoms with Gasteiger partial charge in [-0.25, -0.2) is 0 Å². The first-order valence-electron chi connectivity index (χ1n) is 9.65. The fraction of sp³-hybridized carbons (Fsp3) is 0.125. The quantitative estimate of drug-likeness (QED) is 0.609. The van der Waals surface area contributed by atoms with Crippen LogP contribution in [0.1, 0.15) is 21.5 Å². The first-order valence-corrected chi connectivity index (χ1v) is 10.0. The molecule has 2 amide bonds. The van der Waals surface area contributed by atoms with Crippen LogP contribution in [0.4, 0.5) is 11.4 Å². The molecule has 0 bridgehead atoms. The van der Waals surface area contributed by atoms with Crippen LogP contribution in [0.25, 0.3) is 0 Å². The van der Waals surface area contributed by atoms with Crippen LogP contribution in [0.5, 0.6) is 5.75 Å². The van der Waals surface area contributed by atoms with E-state index < -0.39 is 5.91 Å². The third-order valence-electron chi connectivity index (χ3n) is 4.90. The maximum atomic E-state index is 13.0. The van der Waals surface area contributed by atoms with E-state index in [0.29, 0.717) is 27.7 Å². The highest BCUT2D eigenvalue weighted by atomic mass is 35.5. The summed E-state index contributed by atoms with van der Waals surface area (Å²) in [6, 6.07) is 18.9. The lowest BCUT2D eigenvalue weighted by Gasteiger charge is -2.29. The molecule has 1 heterocycles. The van der Waals surface area contributed by atoms with E-state index in [2.05, 4.69) is 5.32 Å². The average Bonchev–Trinajstić information content (AvgIpc) is 2.77. The summed E-state index contributed by atoms with van der Waals surface area (Å²) in [5.74, 6) is -0.469. The number of aryl methyl sites for hydroxylation is 1. The molecular weight excluding hydrogens is 416 g/mol. The first-order chi connectivity index (χ1) is 14.9. The predicted molar refractivity (Wildman–Crippen MR) is 119 cm³/mol. The molecule has 1 aliphatic heterocycles. The Hall–Kier alpha value is -3.64. The van der Waals surface area contributed by atoms with E-state index in [9.17, 15) is 14.4 Å². The third kappa shape index (κ3) is 4.44. The Morgan fingerprint density at radius 3 is 2.61 bits per heavy atom. The van der Waals surface area contributed by atoms with Crippen molar-refractivity contribution >= 4 is 40.6 Å². The maximum Gasteiger partial charge on any atom is 0.265 e. The molecule has 3 aromatic rings. The van der Waals surface area contributed by atoms with Gasteiger partial charge in [0.1, 0.15) is 12.3 Å². The zero-order chi connectivity index (χ0) is 22.0. The summed E-state index contributed by atoms with van der Waals surface area (Å²) in [5, 5.41) is 3.13. The lowest BCUT2D eigenvalue weighted by molar-refractivity contribution is -0.123. The molecule has 0 spiro atoms. The van der Waals surface area contributed by atoms with Crippen LogP contribution in [-0.4, -0.2) is 30.7 Å². The van der Waals surface area contributed by atoms with E-state index in [1.54, 1.807) is 48.5 Å². The first kappa shape index (κ1) is 20.6. The van der Waals surface area contributed by atoms with E-state index in [0.717, 1.165) is 5.56 Å². The summed E-state index contributed by atoms with van der Waals surface area (Å²) >= 11 is 6.10. The van der Waals surface area contributed by atoms with Crippen molar-refractivity contribution in [2.24, 2.45) is 0 Å². The molecule has 156 valence electrons. The fourth-order valence-electron chi connectivity index (χ4n) is 3.38. The van der Waals surface area contributed by atoms with Gasteiger partial charge in [-0.15, -0.1) is 0 Å². The highest BCUT2D eigenvalue weighted by molar-refractivity contribution is 6.31. The van der Waals surface area contributed by atoms with Gasteiger partial charge >= 0.3 is 0 Å². The topological polar surface area (TPSA) is 75.7 Å². The van der Waals surface area contributed by atoms with Crippen molar-refractivity contribution < 1.29 is 19.1 Å². The number of anilines is 2. The van der Waals surface area contributed by atoms with Crippen molar-refractivity contribution in [2.75, 3.05) is 23.4 Å². The van der Waals surface area contributed by atoms with E-state index >= 15 is 0 Å². The minimum atomic E-state index is -0.438. The predicted octanol–water partition coefficient (Wildman–Crippen LogP) is 4.24. The highest BCUT2D eigenvalue weighted by Crippen LogP contribution is 2.33. The van der Waals surface area contributed by atoms with E-state index in [1.165, 1.54) is 11.0 Å². The van der Waals surface area contributed by atoms with Gasteiger partial charge < -0.3 is 10.1 Å². The number of benzene rings is 3. The Bertz CT molecular complexity index is 1180. The summed E-state index contributed by atoms with van der Waals surface area (Å²) < 4.78 is 5.45. The zero-order valence-electron chi connectivity index (χ0n) is 16.7. The molecule has 7 heteroatoms. The number of ether oxygens (including phenoxy) is 1. The summed E-state index contributed by atoms with van der Waals surface area (Å²) in [4.78, 5) is 39.6. The molecule has 0 unspecified atom stereocenters. The van der Waals surface area contributed by atoms with Gasteiger partial charge in [-0.1, -0.05) is 48.0 Å². The Morgan fingerprint density at radius 1 is 1.06 bits per heavy atom. The van der Waals surface area contributed by atoms with Gasteiger partial charge in [0, 0.05) is 16.1 Å². The number of hydrogen-bond donors (Lipinski definition) is 1. The second-order valence-electron chi connectivity index (χ2n) is 7.17. The molecule has 31 heavy (non-hydrogen) atoms. The van der Waals surface area contributed by atoms with Crippen LogP contribution in [0.2, 0.25) is 5.02 Å². The van der Waals surface area contributed by atoms with Gasteiger partial charge in [-0.05, 0) is 42.8 Å². The van der Waals surface area contributed by atoms with Crippen LogP contribution < -0.4 is 15.0 Å². The Morgan fingerprint density at radius 2 is 1.84 bits per heavy atom. The van der Waals surface area contributed by atoms with Crippen LogP contribution in [0.3, 0.4) is 0 Å². The fourth-order valence-corrected chi connectivity index (χ4v) is 3.55. The van der Waals surface area contributed by atoms with Gasteiger partial charge in [0.15, 0.2) is 12.4 Å². The number of fused-ring (bicyclic) bond motifs is 1. The number of carbonyl (C=O) groups excluding carboxylic acids is 3. The van der Waals surface area contributed by atoms with Crippen molar-refractivity contribution in [1.29, 1.82) is 0 Å². The molecule has 1 N–H and O–H groups in total. The van der Waals surface area contributed by atoms with Gasteiger partial charge in [0.05, 0.1) is 11.4 Å². The largest absolute Gasteiger partial charge is 0.482 e. The molecule has 0 saturated heterocycles. The molecule has 3 aromatic carbocycles. The second kappa shape index (κ2) is 8.62. The Labute approximate surface area is 184 Å². The zero-order valence-corrected chi connectivity index (χ0v) is 17.5. The molecule has 0 saturated carbocycles. The van der Waals surface area contributed by atoms with Gasteiger partial charge in [0.25, 0.3) is 5.91 Å². The number of carbonyl (C=O) groups is 3.